The summed E-state index contributed by atoms with van der Waals surface area (Å²) in [5.74, 6) is 0.133. The van der Waals surface area contributed by atoms with Crippen LogP contribution in [0.25, 0.3) is 0 Å². The maximum absolute atomic E-state index is 13.4. The summed E-state index contributed by atoms with van der Waals surface area (Å²) in [6.07, 6.45) is -0.412. The summed E-state index contributed by atoms with van der Waals surface area (Å²) in [6.45, 7) is 3.64. The zero-order valence-corrected chi connectivity index (χ0v) is 24.2. The second-order valence-electron chi connectivity index (χ2n) is 10.7. The van der Waals surface area contributed by atoms with Gasteiger partial charge in [-0.05, 0) is 38.0 Å². The summed E-state index contributed by atoms with van der Waals surface area (Å²) in [5, 5.41) is 25.3. The van der Waals surface area contributed by atoms with Crippen molar-refractivity contribution in [3.63, 3.8) is 0 Å². The smallest absolute Gasteiger partial charge is 0.409 e. The monoisotopic (exact) mass is 580 g/mol. The number of alkyl carbamates (subject to hydrolysis) is 1. The molecule has 3 aliphatic heterocycles. The molecule has 2 saturated heterocycles. The molecular formula is C28H37ClN2O9. The molecule has 7 atom stereocenters. The largest absolute Gasteiger partial charge is 0.495 e. The van der Waals surface area contributed by atoms with E-state index < -0.39 is 47.9 Å². The van der Waals surface area contributed by atoms with Gasteiger partial charge in [0.15, 0.2) is 5.72 Å². The van der Waals surface area contributed by atoms with E-state index >= 15 is 0 Å². The van der Waals surface area contributed by atoms with Crippen LogP contribution in [0.2, 0.25) is 5.02 Å². The summed E-state index contributed by atoms with van der Waals surface area (Å²) in [6, 6.07) is 3.65. The first-order valence-electron chi connectivity index (χ1n) is 13.0. The minimum atomic E-state index is -1.86. The number of epoxide rings is 1. The number of aliphatic hydroxyl groups is 2. The highest BCUT2D eigenvalue weighted by atomic mass is 35.5. The summed E-state index contributed by atoms with van der Waals surface area (Å²) in [5.41, 5.74) is -0.631. The van der Waals surface area contributed by atoms with Gasteiger partial charge in [-0.1, -0.05) is 35.4 Å². The fourth-order valence-electron chi connectivity index (χ4n) is 5.44. The molecule has 3 heterocycles. The number of nitrogens with zero attached hydrogens (tertiary/aromatic N) is 1. The summed E-state index contributed by atoms with van der Waals surface area (Å²) in [7, 11) is 5.99. The molecule has 12 heteroatoms. The normalized spacial score (nSPS) is 37.0. The minimum absolute atomic E-state index is 0.0832. The minimum Gasteiger partial charge on any atom is -0.495 e. The fraction of sp³-hybridized carbons (Fsp3) is 0.571. The first-order valence-corrected chi connectivity index (χ1v) is 13.3. The van der Waals surface area contributed by atoms with Crippen LogP contribution < -0.4 is 15.0 Å². The predicted octanol–water partition coefficient (Wildman–Crippen LogP) is 2.50. The lowest BCUT2D eigenvalue weighted by Crippen LogP contribution is -2.64. The number of aliphatic hydroxyl groups excluding tert-OH is 1. The quantitative estimate of drug-likeness (QED) is 0.460. The lowest BCUT2D eigenvalue weighted by molar-refractivity contribution is -0.153. The van der Waals surface area contributed by atoms with E-state index in [0.717, 1.165) is 11.1 Å². The molecule has 0 aromatic heterocycles. The molecule has 0 saturated carbocycles. The van der Waals surface area contributed by atoms with Gasteiger partial charge in [-0.2, -0.15) is 0 Å². The van der Waals surface area contributed by atoms with Crippen molar-refractivity contribution in [3.8, 4) is 5.75 Å². The van der Waals surface area contributed by atoms with Gasteiger partial charge < -0.3 is 38.8 Å². The lowest BCUT2D eigenvalue weighted by atomic mass is 9.88. The van der Waals surface area contributed by atoms with Crippen LogP contribution in [0.1, 0.15) is 32.3 Å². The fourth-order valence-corrected chi connectivity index (χ4v) is 5.75. The average Bonchev–Trinajstić information content (AvgIpc) is 3.60. The number of hydrogen-bond donors (Lipinski definition) is 3. The van der Waals surface area contributed by atoms with Gasteiger partial charge in [0.2, 0.25) is 5.91 Å². The molecule has 2 unspecified atom stereocenters. The third-order valence-electron chi connectivity index (χ3n) is 7.86. The molecule has 0 aliphatic carbocycles. The van der Waals surface area contributed by atoms with Crippen molar-refractivity contribution in [2.75, 3.05) is 33.3 Å². The van der Waals surface area contributed by atoms with Gasteiger partial charge in [0.1, 0.15) is 40.8 Å². The van der Waals surface area contributed by atoms with Crippen molar-refractivity contribution in [2.45, 2.75) is 75.0 Å². The topological polar surface area (TPSA) is 139 Å². The van der Waals surface area contributed by atoms with E-state index in [1.165, 1.54) is 26.2 Å². The van der Waals surface area contributed by atoms with Crippen LogP contribution in [0.4, 0.5) is 10.5 Å². The Morgan fingerprint density at radius 3 is 2.58 bits per heavy atom. The molecule has 40 heavy (non-hydrogen) atoms. The third-order valence-corrected chi connectivity index (χ3v) is 8.24. The van der Waals surface area contributed by atoms with Crippen LogP contribution in [-0.2, 0) is 30.2 Å². The zero-order valence-electron chi connectivity index (χ0n) is 23.5. The average molecular weight is 581 g/mol. The number of benzene rings is 1. The van der Waals surface area contributed by atoms with Crippen LogP contribution >= 0.6 is 11.6 Å². The number of carbonyl (C=O) groups is 2. The Hall–Kier alpha value is -2.67. The molecular weight excluding hydrogens is 544 g/mol. The number of rotatable bonds is 3. The Labute approximate surface area is 238 Å². The van der Waals surface area contributed by atoms with Gasteiger partial charge in [-0.25, -0.2) is 4.79 Å². The van der Waals surface area contributed by atoms with Crippen molar-refractivity contribution in [2.24, 2.45) is 0 Å². The first-order chi connectivity index (χ1) is 18.9. The Bertz CT molecular complexity index is 1210. The number of allylic oxidation sites excluding steroid dienone is 3. The molecule has 220 valence electrons. The van der Waals surface area contributed by atoms with Crippen molar-refractivity contribution in [1.29, 1.82) is 0 Å². The number of hydrogen-bond acceptors (Lipinski definition) is 9. The molecule has 4 bridgehead atoms. The van der Waals surface area contributed by atoms with Crippen molar-refractivity contribution >= 4 is 29.3 Å². The number of halogens is 1. The summed E-state index contributed by atoms with van der Waals surface area (Å²) in [4.78, 5) is 27.3. The molecule has 2 fully saturated rings. The number of nitrogens with one attached hydrogen (secondary N) is 1. The van der Waals surface area contributed by atoms with E-state index in [9.17, 15) is 19.8 Å². The lowest BCUT2D eigenvalue weighted by Gasteiger charge is -2.41. The highest BCUT2D eigenvalue weighted by Crippen LogP contribution is 2.46. The molecule has 4 rings (SSSR count). The highest BCUT2D eigenvalue weighted by molar-refractivity contribution is 6.35. The van der Waals surface area contributed by atoms with Crippen molar-refractivity contribution < 1.29 is 43.5 Å². The number of methoxy groups -OCH3 is 3. The van der Waals surface area contributed by atoms with Crippen LogP contribution in [0, 0.1) is 0 Å². The van der Waals surface area contributed by atoms with Gasteiger partial charge in [-0.15, -0.1) is 0 Å². The Morgan fingerprint density at radius 2 is 1.93 bits per heavy atom. The second-order valence-corrected chi connectivity index (χ2v) is 11.0. The molecule has 0 radical (unpaired) electrons. The van der Waals surface area contributed by atoms with Gasteiger partial charge in [0.05, 0.1) is 25.3 Å². The molecule has 1 aromatic carbocycles. The highest BCUT2D eigenvalue weighted by Gasteiger charge is 2.64. The molecule has 1 aromatic rings. The third kappa shape index (κ3) is 5.86. The molecule has 3 N–H and O–H groups in total. The summed E-state index contributed by atoms with van der Waals surface area (Å²) < 4.78 is 27.9. The van der Waals surface area contributed by atoms with E-state index in [4.69, 9.17) is 35.3 Å². The van der Waals surface area contributed by atoms with Crippen LogP contribution in [0.3, 0.4) is 0 Å². The molecule has 3 aliphatic rings. The predicted molar refractivity (Wildman–Crippen MR) is 146 cm³/mol. The van der Waals surface area contributed by atoms with E-state index in [2.05, 4.69) is 5.32 Å². The van der Waals surface area contributed by atoms with Crippen molar-refractivity contribution in [3.05, 3.63) is 46.5 Å². The number of carbonyl (C=O) groups excluding carboxylic acids is 2. The Balaban J connectivity index is 1.76. The maximum Gasteiger partial charge on any atom is 0.409 e. The number of fused-ring (bicyclic) bond motifs is 5. The number of amides is 2. The van der Waals surface area contributed by atoms with E-state index in [-0.39, 0.29) is 18.7 Å². The number of ether oxygens (including phenoxy) is 5. The Morgan fingerprint density at radius 1 is 1.20 bits per heavy atom. The SMILES string of the molecule is COc1cc2cc(c1Cl)N(C)C(=O)C[C@H](OC)C1(C)OC1[C@H](O)[C@@H]1C[C@@](O)(NC(=O)O1)[C@H](OC)/C=C/C=C(\C)C2. The van der Waals surface area contributed by atoms with Gasteiger partial charge in [0, 0.05) is 27.7 Å². The van der Waals surface area contributed by atoms with E-state index in [1.54, 1.807) is 26.1 Å². The van der Waals surface area contributed by atoms with E-state index in [1.807, 2.05) is 25.1 Å². The first kappa shape index (κ1) is 30.3. The zero-order chi connectivity index (χ0) is 29.4. The maximum atomic E-state index is 13.4. The Kier molecular flexibility index (Phi) is 8.84. The van der Waals surface area contributed by atoms with Gasteiger partial charge in [-0.3, -0.25) is 10.1 Å². The van der Waals surface area contributed by atoms with Gasteiger partial charge in [0.25, 0.3) is 0 Å². The van der Waals surface area contributed by atoms with Gasteiger partial charge >= 0.3 is 6.09 Å². The molecule has 11 nitrogen and oxygen atoms in total. The number of anilines is 1. The standard InChI is InChI=1S/C28H37ClN2O9/c1-15-8-7-9-20(37-5)28(35)14-19(39-26(34)30-28)24(33)25-27(2,40-25)21(38-6)13-22(32)31(3)17-11-16(10-15)12-18(36-4)23(17)29/h7-9,11-12,19-21,24-25,33,35H,10,13-14H2,1-6H3,(H,30,34)/b9-7+,15-8+/t19-,20+,21-,24+,25?,27?,28-/m0/s1. The second kappa shape index (κ2) is 11.7. The van der Waals surface area contributed by atoms with Crippen molar-refractivity contribution in [1.82, 2.24) is 5.32 Å². The van der Waals surface area contributed by atoms with Crippen LogP contribution in [0.5, 0.6) is 5.75 Å². The van der Waals surface area contributed by atoms with Crippen LogP contribution in [-0.4, -0.2) is 92.4 Å². The summed E-state index contributed by atoms with van der Waals surface area (Å²) >= 11 is 6.61. The molecule has 2 amide bonds. The van der Waals surface area contributed by atoms with E-state index in [0.29, 0.717) is 22.9 Å². The van der Waals surface area contributed by atoms with Crippen LogP contribution in [0.15, 0.2) is 35.9 Å². The molecule has 0 spiro atoms.